The second-order valence-corrected chi connectivity index (χ2v) is 8.29. The van der Waals surface area contributed by atoms with Crippen molar-refractivity contribution < 1.29 is 13.2 Å². The standard InChI is InChI=1S/C22H22N2O3S/c1-16-11-13-18(14-12-16)17(2)23-22(25)19-7-6-10-21(15-19)28(26,27)24-20-8-4-3-5-9-20/h3-15,17,24H,1-2H3,(H,23,25)/t17-/m1/s1. The highest BCUT2D eigenvalue weighted by atomic mass is 32.2. The largest absolute Gasteiger partial charge is 0.346 e. The van der Waals surface area contributed by atoms with Crippen molar-refractivity contribution in [2.75, 3.05) is 4.72 Å². The summed E-state index contributed by atoms with van der Waals surface area (Å²) in [5.41, 5.74) is 2.87. The maximum absolute atomic E-state index is 12.6. The molecule has 6 heteroatoms. The van der Waals surface area contributed by atoms with Crippen molar-refractivity contribution in [1.82, 2.24) is 5.32 Å². The molecule has 0 spiro atoms. The number of nitrogens with one attached hydrogen (secondary N) is 2. The number of amides is 1. The van der Waals surface area contributed by atoms with E-state index in [0.717, 1.165) is 11.1 Å². The SMILES string of the molecule is Cc1ccc([C@@H](C)NC(=O)c2cccc(S(=O)(=O)Nc3ccccc3)c2)cc1. The van der Waals surface area contributed by atoms with Crippen molar-refractivity contribution in [3.8, 4) is 0 Å². The van der Waals surface area contributed by atoms with Gasteiger partial charge in [-0.3, -0.25) is 9.52 Å². The van der Waals surface area contributed by atoms with Gasteiger partial charge in [0.05, 0.1) is 10.9 Å². The first-order valence-electron chi connectivity index (χ1n) is 8.90. The summed E-state index contributed by atoms with van der Waals surface area (Å²) in [5, 5.41) is 2.91. The van der Waals surface area contributed by atoms with Gasteiger partial charge in [0.15, 0.2) is 0 Å². The van der Waals surface area contributed by atoms with Gasteiger partial charge in [0.1, 0.15) is 0 Å². The first-order chi connectivity index (χ1) is 13.3. The number of hydrogen-bond donors (Lipinski definition) is 2. The zero-order valence-electron chi connectivity index (χ0n) is 15.7. The van der Waals surface area contributed by atoms with Gasteiger partial charge in [0.2, 0.25) is 0 Å². The zero-order valence-corrected chi connectivity index (χ0v) is 16.5. The van der Waals surface area contributed by atoms with E-state index in [1.165, 1.54) is 12.1 Å². The van der Waals surface area contributed by atoms with Gasteiger partial charge < -0.3 is 5.32 Å². The van der Waals surface area contributed by atoms with Gasteiger partial charge in [-0.1, -0.05) is 54.1 Å². The van der Waals surface area contributed by atoms with Crippen LogP contribution in [0.4, 0.5) is 5.69 Å². The third-order valence-electron chi connectivity index (χ3n) is 4.36. The van der Waals surface area contributed by atoms with Crippen molar-refractivity contribution >= 4 is 21.6 Å². The number of rotatable bonds is 6. The molecule has 0 aliphatic carbocycles. The Bertz CT molecular complexity index is 1060. The van der Waals surface area contributed by atoms with Gasteiger partial charge in [0, 0.05) is 11.3 Å². The van der Waals surface area contributed by atoms with Crippen molar-refractivity contribution in [3.63, 3.8) is 0 Å². The fourth-order valence-electron chi connectivity index (χ4n) is 2.74. The minimum Gasteiger partial charge on any atom is -0.346 e. The van der Waals surface area contributed by atoms with Crippen LogP contribution >= 0.6 is 0 Å². The van der Waals surface area contributed by atoms with Crippen LogP contribution in [0.25, 0.3) is 0 Å². The average molecular weight is 394 g/mol. The summed E-state index contributed by atoms with van der Waals surface area (Å²) in [6.45, 7) is 3.89. The Hall–Kier alpha value is -3.12. The monoisotopic (exact) mass is 394 g/mol. The maximum Gasteiger partial charge on any atom is 0.261 e. The second kappa shape index (κ2) is 8.27. The highest BCUT2D eigenvalue weighted by Gasteiger charge is 2.17. The molecule has 0 unspecified atom stereocenters. The predicted octanol–water partition coefficient (Wildman–Crippen LogP) is 4.29. The summed E-state index contributed by atoms with van der Waals surface area (Å²) >= 11 is 0. The molecule has 0 aromatic heterocycles. The van der Waals surface area contributed by atoms with E-state index in [9.17, 15) is 13.2 Å². The van der Waals surface area contributed by atoms with Gasteiger partial charge in [-0.15, -0.1) is 0 Å². The molecule has 0 heterocycles. The van der Waals surface area contributed by atoms with Crippen LogP contribution in [0.15, 0.2) is 83.8 Å². The van der Waals surface area contributed by atoms with Crippen molar-refractivity contribution in [3.05, 3.63) is 95.6 Å². The van der Waals surface area contributed by atoms with Crippen LogP contribution in [0, 0.1) is 6.92 Å². The molecule has 0 radical (unpaired) electrons. The topological polar surface area (TPSA) is 75.3 Å². The molecular weight excluding hydrogens is 372 g/mol. The molecule has 28 heavy (non-hydrogen) atoms. The van der Waals surface area contributed by atoms with E-state index in [2.05, 4.69) is 10.0 Å². The molecule has 0 bridgehead atoms. The molecule has 3 rings (SSSR count). The number of carbonyl (C=O) groups excluding carboxylic acids is 1. The van der Waals surface area contributed by atoms with E-state index >= 15 is 0 Å². The normalized spacial score (nSPS) is 12.2. The lowest BCUT2D eigenvalue weighted by atomic mass is 10.1. The predicted molar refractivity (Wildman–Crippen MR) is 111 cm³/mol. The molecule has 1 amide bonds. The molecular formula is C22H22N2O3S. The van der Waals surface area contributed by atoms with Crippen LogP contribution in [0.1, 0.15) is 34.5 Å². The van der Waals surface area contributed by atoms with Crippen LogP contribution in [0.3, 0.4) is 0 Å². The number of carbonyl (C=O) groups is 1. The fraction of sp³-hybridized carbons (Fsp3) is 0.136. The van der Waals surface area contributed by atoms with Gasteiger partial charge in [-0.2, -0.15) is 0 Å². The number of sulfonamides is 1. The summed E-state index contributed by atoms with van der Waals surface area (Å²) in [4.78, 5) is 12.6. The number of para-hydroxylation sites is 1. The Balaban J connectivity index is 1.76. The molecule has 0 saturated carbocycles. The first-order valence-corrected chi connectivity index (χ1v) is 10.4. The second-order valence-electron chi connectivity index (χ2n) is 6.61. The smallest absolute Gasteiger partial charge is 0.261 e. The summed E-state index contributed by atoms with van der Waals surface area (Å²) < 4.78 is 27.7. The maximum atomic E-state index is 12.6. The van der Waals surface area contributed by atoms with E-state index in [1.54, 1.807) is 42.5 Å². The minimum absolute atomic E-state index is 0.0343. The number of aryl methyl sites for hydroxylation is 1. The molecule has 5 nitrogen and oxygen atoms in total. The van der Waals surface area contributed by atoms with Gasteiger partial charge in [-0.25, -0.2) is 8.42 Å². The quantitative estimate of drug-likeness (QED) is 0.655. The fourth-order valence-corrected chi connectivity index (χ4v) is 3.85. The number of hydrogen-bond acceptors (Lipinski definition) is 3. The van der Waals surface area contributed by atoms with Crippen molar-refractivity contribution in [2.24, 2.45) is 0 Å². The molecule has 3 aromatic rings. The van der Waals surface area contributed by atoms with Crippen LogP contribution in [0.2, 0.25) is 0 Å². The Morgan fingerprint density at radius 3 is 2.25 bits per heavy atom. The summed E-state index contributed by atoms with van der Waals surface area (Å²) in [6, 6.07) is 22.3. The summed E-state index contributed by atoms with van der Waals surface area (Å²) in [6.07, 6.45) is 0. The molecule has 0 fully saturated rings. The van der Waals surface area contributed by atoms with Crippen molar-refractivity contribution in [2.45, 2.75) is 24.8 Å². The molecule has 2 N–H and O–H groups in total. The number of benzene rings is 3. The Morgan fingerprint density at radius 2 is 1.57 bits per heavy atom. The van der Waals surface area contributed by atoms with E-state index in [-0.39, 0.29) is 22.4 Å². The minimum atomic E-state index is -3.78. The van der Waals surface area contributed by atoms with Crippen LogP contribution < -0.4 is 10.0 Å². The lowest BCUT2D eigenvalue weighted by molar-refractivity contribution is 0.0939. The Kier molecular flexibility index (Phi) is 5.80. The van der Waals surface area contributed by atoms with Gasteiger partial charge >= 0.3 is 0 Å². The molecule has 0 aliphatic heterocycles. The molecule has 144 valence electrons. The molecule has 3 aromatic carbocycles. The lowest BCUT2D eigenvalue weighted by Crippen LogP contribution is -2.27. The third-order valence-corrected chi connectivity index (χ3v) is 5.74. The Morgan fingerprint density at radius 1 is 0.893 bits per heavy atom. The Labute approximate surface area is 165 Å². The number of anilines is 1. The highest BCUT2D eigenvalue weighted by Crippen LogP contribution is 2.18. The summed E-state index contributed by atoms with van der Waals surface area (Å²) in [5.74, 6) is -0.329. The zero-order chi connectivity index (χ0) is 20.1. The van der Waals surface area contributed by atoms with Crippen LogP contribution in [0.5, 0.6) is 0 Å². The molecule has 1 atom stereocenters. The van der Waals surface area contributed by atoms with E-state index in [0.29, 0.717) is 5.69 Å². The molecule has 0 saturated heterocycles. The van der Waals surface area contributed by atoms with Gasteiger partial charge in [-0.05, 0) is 49.7 Å². The van der Waals surface area contributed by atoms with Gasteiger partial charge in [0.25, 0.3) is 15.9 Å². The summed E-state index contributed by atoms with van der Waals surface area (Å²) in [7, 11) is -3.78. The molecule has 0 aliphatic rings. The van der Waals surface area contributed by atoms with E-state index in [4.69, 9.17) is 0 Å². The first kappa shape index (κ1) is 19.6. The lowest BCUT2D eigenvalue weighted by Gasteiger charge is -2.15. The average Bonchev–Trinajstić information content (AvgIpc) is 2.69. The third kappa shape index (κ3) is 4.78. The van der Waals surface area contributed by atoms with E-state index in [1.807, 2.05) is 38.1 Å². The highest BCUT2D eigenvalue weighted by molar-refractivity contribution is 7.92. The van der Waals surface area contributed by atoms with Crippen LogP contribution in [-0.2, 0) is 10.0 Å². The van der Waals surface area contributed by atoms with E-state index < -0.39 is 10.0 Å². The van der Waals surface area contributed by atoms with Crippen molar-refractivity contribution in [1.29, 1.82) is 0 Å². The van der Waals surface area contributed by atoms with Crippen LogP contribution in [-0.4, -0.2) is 14.3 Å².